The summed E-state index contributed by atoms with van der Waals surface area (Å²) in [5.41, 5.74) is 5.19. The lowest BCUT2D eigenvalue weighted by Crippen LogP contribution is -2.31. The van der Waals surface area contributed by atoms with Crippen molar-refractivity contribution in [1.82, 2.24) is 5.32 Å². The van der Waals surface area contributed by atoms with Crippen molar-refractivity contribution in [3.05, 3.63) is 0 Å². The second-order valence-electron chi connectivity index (χ2n) is 2.79. The Morgan fingerprint density at radius 1 is 1.75 bits per heavy atom. The van der Waals surface area contributed by atoms with Gasteiger partial charge in [0, 0.05) is 0 Å². The minimum atomic E-state index is -0.350. The zero-order valence-electron chi connectivity index (χ0n) is 7.04. The molecule has 0 saturated carbocycles. The molecule has 68 valence electrons. The second-order valence-corrected chi connectivity index (χ2v) is 2.79. The van der Waals surface area contributed by atoms with E-state index in [-0.39, 0.29) is 17.8 Å². The molecule has 0 unspecified atom stereocenters. The number of hydrogen-bond acceptors (Lipinski definition) is 4. The zero-order chi connectivity index (χ0) is 8.97. The maximum atomic E-state index is 11.1. The number of carbonyl (C=O) groups excluding carboxylic acids is 1. The molecule has 0 bridgehead atoms. The molecule has 1 heterocycles. The van der Waals surface area contributed by atoms with Crippen LogP contribution < -0.4 is 11.1 Å². The molecule has 12 heavy (non-hydrogen) atoms. The summed E-state index contributed by atoms with van der Waals surface area (Å²) in [5, 5.41) is 6.37. The molecule has 1 saturated heterocycles. The highest BCUT2D eigenvalue weighted by Crippen LogP contribution is 2.06. The van der Waals surface area contributed by atoms with Gasteiger partial charge in [0.25, 0.3) is 0 Å². The average Bonchev–Trinajstić information content (AvgIpc) is 2.51. The first-order valence-corrected chi connectivity index (χ1v) is 3.94. The van der Waals surface area contributed by atoms with Crippen LogP contribution in [0.25, 0.3) is 0 Å². The number of oxime groups is 1. The van der Waals surface area contributed by atoms with E-state index in [4.69, 9.17) is 5.73 Å². The van der Waals surface area contributed by atoms with Crippen molar-refractivity contribution in [3.63, 3.8) is 0 Å². The standard InChI is InChI=1S/C7H13N3O2/c1-5(8)10-12-7(11)6-3-2-4-9-6/h6,9H,2-4H2,1H3,(H2,8,10)/t6-/m0/s1. The van der Waals surface area contributed by atoms with Crippen LogP contribution in [0.3, 0.4) is 0 Å². The van der Waals surface area contributed by atoms with Gasteiger partial charge in [0.2, 0.25) is 0 Å². The fourth-order valence-corrected chi connectivity index (χ4v) is 1.07. The summed E-state index contributed by atoms with van der Waals surface area (Å²) in [7, 11) is 0. The molecule has 1 rings (SSSR count). The molecule has 0 aromatic carbocycles. The maximum absolute atomic E-state index is 11.1. The summed E-state index contributed by atoms with van der Waals surface area (Å²) in [6.07, 6.45) is 1.82. The van der Waals surface area contributed by atoms with Crippen LogP contribution in [0.5, 0.6) is 0 Å². The molecule has 1 atom stereocenters. The number of carbonyl (C=O) groups is 1. The van der Waals surface area contributed by atoms with Crippen molar-refractivity contribution >= 4 is 11.8 Å². The highest BCUT2D eigenvalue weighted by atomic mass is 16.7. The predicted molar refractivity (Wildman–Crippen MR) is 44.4 cm³/mol. The first kappa shape index (κ1) is 8.99. The van der Waals surface area contributed by atoms with E-state index in [1.165, 1.54) is 0 Å². The Bertz CT molecular complexity index is 193. The van der Waals surface area contributed by atoms with E-state index in [9.17, 15) is 4.79 Å². The smallest absolute Gasteiger partial charge is 0.351 e. The number of amidine groups is 1. The lowest BCUT2D eigenvalue weighted by Gasteiger charge is -2.04. The van der Waals surface area contributed by atoms with Crippen molar-refractivity contribution in [3.8, 4) is 0 Å². The summed E-state index contributed by atoms with van der Waals surface area (Å²) < 4.78 is 0. The summed E-state index contributed by atoms with van der Waals surface area (Å²) in [6.45, 7) is 2.43. The van der Waals surface area contributed by atoms with Gasteiger partial charge in [0.05, 0.1) is 0 Å². The Morgan fingerprint density at radius 2 is 2.50 bits per heavy atom. The van der Waals surface area contributed by atoms with Crippen LogP contribution >= 0.6 is 0 Å². The molecule has 0 spiro atoms. The molecule has 0 aromatic rings. The molecule has 1 aliphatic heterocycles. The van der Waals surface area contributed by atoms with Crippen LogP contribution in [0.1, 0.15) is 19.8 Å². The van der Waals surface area contributed by atoms with Crippen LogP contribution in [0.2, 0.25) is 0 Å². The van der Waals surface area contributed by atoms with Crippen molar-refractivity contribution in [2.24, 2.45) is 10.9 Å². The molecule has 0 aromatic heterocycles. The van der Waals surface area contributed by atoms with Crippen molar-refractivity contribution in [2.45, 2.75) is 25.8 Å². The maximum Gasteiger partial charge on any atom is 0.351 e. The average molecular weight is 171 g/mol. The van der Waals surface area contributed by atoms with E-state index in [1.807, 2.05) is 0 Å². The summed E-state index contributed by atoms with van der Waals surface area (Å²) in [5.74, 6) is -0.0985. The Morgan fingerprint density at radius 3 is 3.00 bits per heavy atom. The molecule has 5 heteroatoms. The Hall–Kier alpha value is -1.10. The molecule has 1 fully saturated rings. The largest absolute Gasteiger partial charge is 0.385 e. The fourth-order valence-electron chi connectivity index (χ4n) is 1.07. The van der Waals surface area contributed by atoms with Crippen molar-refractivity contribution in [1.29, 1.82) is 0 Å². The van der Waals surface area contributed by atoms with E-state index >= 15 is 0 Å². The lowest BCUT2D eigenvalue weighted by molar-refractivity contribution is -0.145. The lowest BCUT2D eigenvalue weighted by atomic mass is 10.2. The Labute approximate surface area is 70.9 Å². The van der Waals surface area contributed by atoms with Gasteiger partial charge in [0.15, 0.2) is 0 Å². The van der Waals surface area contributed by atoms with Crippen LogP contribution in [0.4, 0.5) is 0 Å². The van der Waals surface area contributed by atoms with Gasteiger partial charge in [-0.25, -0.2) is 4.79 Å². The number of nitrogens with zero attached hydrogens (tertiary/aromatic N) is 1. The van der Waals surface area contributed by atoms with E-state index in [0.717, 1.165) is 19.4 Å². The van der Waals surface area contributed by atoms with Gasteiger partial charge < -0.3 is 15.9 Å². The molecule has 0 amide bonds. The minimum absolute atomic E-state index is 0.201. The summed E-state index contributed by atoms with van der Waals surface area (Å²) in [4.78, 5) is 15.7. The van der Waals surface area contributed by atoms with Crippen molar-refractivity contribution < 1.29 is 9.63 Å². The number of nitrogens with two attached hydrogens (primary N) is 1. The molecule has 0 radical (unpaired) electrons. The summed E-state index contributed by atoms with van der Waals surface area (Å²) in [6, 6.07) is -0.201. The van der Waals surface area contributed by atoms with E-state index < -0.39 is 0 Å². The van der Waals surface area contributed by atoms with Crippen LogP contribution in [0, 0.1) is 0 Å². The molecular weight excluding hydrogens is 158 g/mol. The first-order valence-electron chi connectivity index (χ1n) is 3.94. The fraction of sp³-hybridized carbons (Fsp3) is 0.714. The second kappa shape index (κ2) is 4.06. The van der Waals surface area contributed by atoms with Crippen LogP contribution in [-0.2, 0) is 9.63 Å². The minimum Gasteiger partial charge on any atom is -0.385 e. The van der Waals surface area contributed by atoms with Gasteiger partial charge in [0.1, 0.15) is 11.9 Å². The quantitative estimate of drug-likeness (QED) is 0.256. The van der Waals surface area contributed by atoms with Gasteiger partial charge >= 0.3 is 5.97 Å². The predicted octanol–water partition coefficient (Wildman–Crippen LogP) is -0.426. The highest BCUT2D eigenvalue weighted by Gasteiger charge is 2.23. The number of hydrogen-bond donors (Lipinski definition) is 2. The molecular formula is C7H13N3O2. The molecule has 0 aliphatic carbocycles. The summed E-state index contributed by atoms with van der Waals surface area (Å²) >= 11 is 0. The first-order chi connectivity index (χ1) is 5.70. The molecule has 5 nitrogen and oxygen atoms in total. The van der Waals surface area contributed by atoms with Gasteiger partial charge in [-0.1, -0.05) is 5.16 Å². The third-order valence-electron chi connectivity index (χ3n) is 1.62. The van der Waals surface area contributed by atoms with Gasteiger partial charge in [-0.05, 0) is 26.3 Å². The zero-order valence-corrected chi connectivity index (χ0v) is 7.04. The van der Waals surface area contributed by atoms with Gasteiger partial charge in [-0.3, -0.25) is 0 Å². The Kier molecular flexibility index (Phi) is 3.04. The monoisotopic (exact) mass is 171 g/mol. The number of nitrogens with one attached hydrogen (secondary N) is 1. The van der Waals surface area contributed by atoms with Gasteiger partial charge in [-0.2, -0.15) is 0 Å². The van der Waals surface area contributed by atoms with E-state index in [2.05, 4.69) is 15.3 Å². The topological polar surface area (TPSA) is 76.7 Å². The molecule has 3 N–H and O–H groups in total. The number of rotatable bonds is 2. The third-order valence-corrected chi connectivity index (χ3v) is 1.62. The third kappa shape index (κ3) is 2.50. The highest BCUT2D eigenvalue weighted by molar-refractivity contribution is 5.80. The van der Waals surface area contributed by atoms with Gasteiger partial charge in [-0.15, -0.1) is 0 Å². The SMILES string of the molecule is C/C(N)=N/OC(=O)[C@@H]1CCCN1. The Balaban J connectivity index is 2.32. The van der Waals surface area contributed by atoms with Crippen molar-refractivity contribution in [2.75, 3.05) is 6.54 Å². The normalized spacial score (nSPS) is 24.1. The van der Waals surface area contributed by atoms with Crippen LogP contribution in [-0.4, -0.2) is 24.4 Å². The van der Waals surface area contributed by atoms with Crippen LogP contribution in [0.15, 0.2) is 5.16 Å². The molecule has 1 aliphatic rings. The van der Waals surface area contributed by atoms with E-state index in [1.54, 1.807) is 6.92 Å². The van der Waals surface area contributed by atoms with E-state index in [0.29, 0.717) is 0 Å².